The van der Waals surface area contributed by atoms with E-state index in [4.69, 9.17) is 10.5 Å². The summed E-state index contributed by atoms with van der Waals surface area (Å²) in [5.41, 5.74) is 6.75. The Morgan fingerprint density at radius 2 is 2.06 bits per heavy atom. The molecule has 17 heavy (non-hydrogen) atoms. The average Bonchev–Trinajstić information content (AvgIpc) is 2.24. The van der Waals surface area contributed by atoms with E-state index in [9.17, 15) is 0 Å². The lowest BCUT2D eigenvalue weighted by Gasteiger charge is -2.48. The van der Waals surface area contributed by atoms with Crippen LogP contribution >= 0.6 is 0 Å². The summed E-state index contributed by atoms with van der Waals surface area (Å²) in [5.74, 6) is 0. The molecular weight excluding hydrogens is 212 g/mol. The normalized spacial score (nSPS) is 28.9. The fourth-order valence-corrected chi connectivity index (χ4v) is 3.01. The molecule has 3 nitrogen and oxygen atoms in total. The number of nitrogens with two attached hydrogens (primary N) is 1. The zero-order valence-electron chi connectivity index (χ0n) is 12.2. The van der Waals surface area contributed by atoms with Gasteiger partial charge in [0.1, 0.15) is 0 Å². The molecule has 0 heterocycles. The molecule has 0 saturated heterocycles. The van der Waals surface area contributed by atoms with Crippen LogP contribution in [0.3, 0.4) is 0 Å². The van der Waals surface area contributed by atoms with Crippen molar-refractivity contribution in [1.82, 2.24) is 4.90 Å². The lowest BCUT2D eigenvalue weighted by atomic mass is 9.70. The van der Waals surface area contributed by atoms with E-state index in [0.29, 0.717) is 12.1 Å². The van der Waals surface area contributed by atoms with Crippen LogP contribution in [0.2, 0.25) is 0 Å². The Hall–Kier alpha value is -0.120. The van der Waals surface area contributed by atoms with E-state index < -0.39 is 0 Å². The lowest BCUT2D eigenvalue weighted by molar-refractivity contribution is 0.0302. The van der Waals surface area contributed by atoms with E-state index in [2.05, 4.69) is 32.6 Å². The second kappa shape index (κ2) is 6.17. The van der Waals surface area contributed by atoms with Crippen molar-refractivity contribution in [3.63, 3.8) is 0 Å². The second-order valence-electron chi connectivity index (χ2n) is 6.30. The molecule has 3 heteroatoms. The molecule has 2 unspecified atom stereocenters. The molecule has 0 radical (unpaired) electrons. The van der Waals surface area contributed by atoms with Crippen LogP contribution in [-0.2, 0) is 4.74 Å². The molecular formula is C14H30N2O. The van der Waals surface area contributed by atoms with Crippen LogP contribution in [0.5, 0.6) is 0 Å². The zero-order chi connectivity index (χ0) is 13.1. The lowest BCUT2D eigenvalue weighted by Crippen LogP contribution is -2.59. The van der Waals surface area contributed by atoms with Crippen molar-refractivity contribution in [2.75, 3.05) is 20.3 Å². The van der Waals surface area contributed by atoms with Gasteiger partial charge in [0.05, 0.1) is 6.61 Å². The Balaban J connectivity index is 2.72. The first-order chi connectivity index (χ1) is 7.90. The van der Waals surface area contributed by atoms with E-state index in [0.717, 1.165) is 13.2 Å². The zero-order valence-corrected chi connectivity index (χ0v) is 12.2. The third-order valence-corrected chi connectivity index (χ3v) is 4.28. The predicted molar refractivity (Wildman–Crippen MR) is 73.1 cm³/mol. The minimum absolute atomic E-state index is 0.267. The maximum absolute atomic E-state index is 6.48. The van der Waals surface area contributed by atoms with Crippen molar-refractivity contribution in [2.24, 2.45) is 11.1 Å². The first-order valence-corrected chi connectivity index (χ1v) is 6.90. The summed E-state index contributed by atoms with van der Waals surface area (Å²) in [7, 11) is 1.77. The van der Waals surface area contributed by atoms with Crippen molar-refractivity contribution in [3.05, 3.63) is 0 Å². The highest BCUT2D eigenvalue weighted by Gasteiger charge is 2.39. The molecule has 0 spiro atoms. The molecule has 1 aliphatic carbocycles. The Bertz CT molecular complexity index is 228. The van der Waals surface area contributed by atoms with Gasteiger partial charge in [-0.15, -0.1) is 0 Å². The molecule has 1 rings (SSSR count). The number of hydrogen-bond donors (Lipinski definition) is 1. The highest BCUT2D eigenvalue weighted by molar-refractivity contribution is 4.96. The maximum atomic E-state index is 6.48. The van der Waals surface area contributed by atoms with E-state index in [-0.39, 0.29) is 11.5 Å². The molecule has 0 aromatic rings. The number of hydrogen-bond acceptors (Lipinski definition) is 3. The molecule has 0 amide bonds. The van der Waals surface area contributed by atoms with Crippen LogP contribution in [-0.4, -0.2) is 43.3 Å². The van der Waals surface area contributed by atoms with Crippen LogP contribution in [0.25, 0.3) is 0 Å². The van der Waals surface area contributed by atoms with Gasteiger partial charge in [0.25, 0.3) is 0 Å². The van der Waals surface area contributed by atoms with Gasteiger partial charge in [-0.1, -0.05) is 20.3 Å². The smallest absolute Gasteiger partial charge is 0.0589 e. The first-order valence-electron chi connectivity index (χ1n) is 6.90. The largest absolute Gasteiger partial charge is 0.383 e. The highest BCUT2D eigenvalue weighted by Crippen LogP contribution is 2.36. The van der Waals surface area contributed by atoms with Gasteiger partial charge in [0, 0.05) is 31.8 Å². The summed E-state index contributed by atoms with van der Waals surface area (Å²) in [6.07, 6.45) is 3.77. The molecule has 0 aromatic heterocycles. The molecule has 102 valence electrons. The van der Waals surface area contributed by atoms with Crippen molar-refractivity contribution in [3.8, 4) is 0 Å². The number of ether oxygens (including phenoxy) is 1. The predicted octanol–water partition coefficient (Wildman–Crippen LogP) is 2.25. The van der Waals surface area contributed by atoms with Gasteiger partial charge in [0.15, 0.2) is 0 Å². The highest BCUT2D eigenvalue weighted by atomic mass is 16.5. The van der Waals surface area contributed by atoms with E-state index in [1.54, 1.807) is 7.11 Å². The Labute approximate surface area is 107 Å². The third kappa shape index (κ3) is 3.67. The summed E-state index contributed by atoms with van der Waals surface area (Å²) in [6.45, 7) is 10.9. The quantitative estimate of drug-likeness (QED) is 0.803. The van der Waals surface area contributed by atoms with Crippen LogP contribution in [0, 0.1) is 5.41 Å². The standard InChI is InChI=1S/C14H30N2O/c1-11(2)16(9-10-17-5)12-7-6-8-14(3,4)13(12)15/h11-13H,6-10,15H2,1-5H3. The van der Waals surface area contributed by atoms with E-state index >= 15 is 0 Å². The van der Waals surface area contributed by atoms with Crippen LogP contribution in [0.15, 0.2) is 0 Å². The Morgan fingerprint density at radius 3 is 2.59 bits per heavy atom. The SMILES string of the molecule is COCCN(C(C)C)C1CCCC(C)(C)C1N. The Morgan fingerprint density at radius 1 is 1.41 bits per heavy atom. The van der Waals surface area contributed by atoms with Gasteiger partial charge >= 0.3 is 0 Å². The second-order valence-corrected chi connectivity index (χ2v) is 6.30. The molecule has 0 bridgehead atoms. The molecule has 2 atom stereocenters. The Kier molecular flexibility index (Phi) is 5.42. The minimum atomic E-state index is 0.267. The van der Waals surface area contributed by atoms with Crippen molar-refractivity contribution < 1.29 is 4.74 Å². The van der Waals surface area contributed by atoms with Crippen LogP contribution in [0.1, 0.15) is 47.0 Å². The van der Waals surface area contributed by atoms with Crippen LogP contribution in [0.4, 0.5) is 0 Å². The first kappa shape index (κ1) is 14.9. The summed E-state index contributed by atoms with van der Waals surface area (Å²) < 4.78 is 5.22. The third-order valence-electron chi connectivity index (χ3n) is 4.28. The monoisotopic (exact) mass is 242 g/mol. The number of rotatable bonds is 5. The number of nitrogens with zero attached hydrogens (tertiary/aromatic N) is 1. The summed E-state index contributed by atoms with van der Waals surface area (Å²) in [6, 6.07) is 1.32. The fraction of sp³-hybridized carbons (Fsp3) is 1.00. The summed E-state index contributed by atoms with van der Waals surface area (Å²) in [5, 5.41) is 0. The van der Waals surface area contributed by atoms with Gasteiger partial charge in [-0.3, -0.25) is 4.90 Å². The molecule has 0 aliphatic heterocycles. The van der Waals surface area contributed by atoms with Crippen molar-refractivity contribution in [2.45, 2.75) is 65.1 Å². The van der Waals surface area contributed by atoms with Gasteiger partial charge in [0.2, 0.25) is 0 Å². The summed E-state index contributed by atoms with van der Waals surface area (Å²) in [4.78, 5) is 2.52. The van der Waals surface area contributed by atoms with Gasteiger partial charge in [-0.2, -0.15) is 0 Å². The van der Waals surface area contributed by atoms with E-state index in [1.807, 2.05) is 0 Å². The molecule has 1 aliphatic rings. The van der Waals surface area contributed by atoms with Gasteiger partial charge in [-0.05, 0) is 32.1 Å². The van der Waals surface area contributed by atoms with Gasteiger partial charge in [-0.25, -0.2) is 0 Å². The molecule has 1 saturated carbocycles. The van der Waals surface area contributed by atoms with Gasteiger partial charge < -0.3 is 10.5 Å². The molecule has 1 fully saturated rings. The topological polar surface area (TPSA) is 38.5 Å². The number of methoxy groups -OCH3 is 1. The fourth-order valence-electron chi connectivity index (χ4n) is 3.01. The van der Waals surface area contributed by atoms with Crippen molar-refractivity contribution >= 4 is 0 Å². The van der Waals surface area contributed by atoms with E-state index in [1.165, 1.54) is 19.3 Å². The minimum Gasteiger partial charge on any atom is -0.383 e. The van der Waals surface area contributed by atoms with Crippen LogP contribution < -0.4 is 5.73 Å². The summed E-state index contributed by atoms with van der Waals surface area (Å²) >= 11 is 0. The maximum Gasteiger partial charge on any atom is 0.0589 e. The van der Waals surface area contributed by atoms with Crippen molar-refractivity contribution in [1.29, 1.82) is 0 Å². The average molecular weight is 242 g/mol. The molecule has 2 N–H and O–H groups in total. The molecule has 0 aromatic carbocycles.